The summed E-state index contributed by atoms with van der Waals surface area (Å²) in [5.74, 6) is 11.4. The number of alkyl halides is 1. The molecule has 6 N–H and O–H groups in total. The molecule has 3 aliphatic rings. The van der Waals surface area contributed by atoms with Gasteiger partial charge in [-0.05, 0) is 62.1 Å². The fourth-order valence-corrected chi connectivity index (χ4v) is 8.03. The van der Waals surface area contributed by atoms with Crippen molar-refractivity contribution >= 4 is 39.2 Å². The van der Waals surface area contributed by atoms with Gasteiger partial charge in [-0.15, -0.1) is 6.42 Å². The van der Waals surface area contributed by atoms with Crippen LogP contribution >= 0.6 is 0 Å². The molecule has 1 aliphatic carbocycles. The summed E-state index contributed by atoms with van der Waals surface area (Å²) in [6, 6.07) is 4.66. The Balaban J connectivity index is 1.32. The molecule has 2 aromatic carbocycles. The molecule has 0 radical (unpaired) electrons. The summed E-state index contributed by atoms with van der Waals surface area (Å²) < 4.78 is 52.3. The van der Waals surface area contributed by atoms with Gasteiger partial charge in [0.15, 0.2) is 5.82 Å². The zero-order chi connectivity index (χ0) is 39.0. The van der Waals surface area contributed by atoms with Crippen molar-refractivity contribution in [3.8, 4) is 35.4 Å². The summed E-state index contributed by atoms with van der Waals surface area (Å²) in [4.78, 5) is 33.5. The number of hydrazone groups is 1. The number of benzene rings is 2. The van der Waals surface area contributed by atoms with Gasteiger partial charge in [0.05, 0.1) is 17.6 Å². The summed E-state index contributed by atoms with van der Waals surface area (Å²) in [5.41, 5.74) is 1.83. The van der Waals surface area contributed by atoms with Crippen LogP contribution in [0.15, 0.2) is 35.6 Å². The first-order valence-corrected chi connectivity index (χ1v) is 18.6. The number of piperazine rings is 1. The van der Waals surface area contributed by atoms with E-state index in [1.165, 1.54) is 30.5 Å². The third kappa shape index (κ3) is 7.26. The maximum atomic E-state index is 17.1. The second-order valence-electron chi connectivity index (χ2n) is 14.8. The number of terminal acetylenes is 1. The van der Waals surface area contributed by atoms with Crippen LogP contribution in [0.25, 0.3) is 32.9 Å². The number of rotatable bonds is 9. The number of hydrazine groups is 1. The molecule has 2 saturated heterocycles. The molecule has 55 heavy (non-hydrogen) atoms. The molecular weight excluding hydrogens is 713 g/mol. The minimum Gasteiger partial charge on any atom is -0.508 e. The minimum atomic E-state index is -0.842. The van der Waals surface area contributed by atoms with Gasteiger partial charge in [0, 0.05) is 67.4 Å². The zero-order valence-corrected chi connectivity index (χ0v) is 30.9. The molecule has 4 aromatic rings. The minimum absolute atomic E-state index is 0.0482. The van der Waals surface area contributed by atoms with Gasteiger partial charge in [-0.2, -0.15) is 15.1 Å². The number of hydrogen-bond acceptors (Lipinski definition) is 11. The highest BCUT2D eigenvalue weighted by molar-refractivity contribution is 6.37. The van der Waals surface area contributed by atoms with Crippen LogP contribution in [0.5, 0.6) is 11.8 Å². The van der Waals surface area contributed by atoms with Crippen molar-refractivity contribution < 1.29 is 27.8 Å². The molecule has 16 heteroatoms. The lowest BCUT2D eigenvalue weighted by Crippen LogP contribution is -2.63. The molecule has 0 bridgehead atoms. The summed E-state index contributed by atoms with van der Waals surface area (Å²) in [7, 11) is 0. The lowest BCUT2D eigenvalue weighted by molar-refractivity contribution is -0.130. The largest absolute Gasteiger partial charge is 0.508 e. The lowest BCUT2D eigenvalue weighted by atomic mass is 9.95. The number of hydrogen-bond donors (Lipinski definition) is 4. The molecular formula is C39H45F3N10O3. The lowest BCUT2D eigenvalue weighted by Gasteiger charge is -2.47. The smallest absolute Gasteiger partial charge is 0.319 e. The third-order valence-electron chi connectivity index (χ3n) is 11.2. The van der Waals surface area contributed by atoms with Crippen molar-refractivity contribution in [3.05, 3.63) is 47.7 Å². The van der Waals surface area contributed by atoms with Crippen LogP contribution in [-0.2, 0) is 4.79 Å². The van der Waals surface area contributed by atoms with Crippen LogP contribution < -0.4 is 26.7 Å². The van der Waals surface area contributed by atoms with Crippen LogP contribution in [0.4, 0.5) is 19.0 Å². The van der Waals surface area contributed by atoms with Crippen LogP contribution in [0, 0.1) is 29.4 Å². The number of halogens is 3. The zero-order valence-electron chi connectivity index (χ0n) is 30.9. The number of aromatic nitrogens is 3. The van der Waals surface area contributed by atoms with Crippen molar-refractivity contribution in [1.82, 2.24) is 30.2 Å². The molecule has 0 spiro atoms. The molecule has 2 atom stereocenters. The Hall–Kier alpha value is -5.40. The van der Waals surface area contributed by atoms with Gasteiger partial charge in [0.2, 0.25) is 5.84 Å². The predicted molar refractivity (Wildman–Crippen MR) is 204 cm³/mol. The average Bonchev–Trinajstić information content (AvgIpc) is 3.96. The molecule has 1 saturated carbocycles. The van der Waals surface area contributed by atoms with E-state index in [4.69, 9.17) is 27.8 Å². The van der Waals surface area contributed by atoms with E-state index in [2.05, 4.69) is 31.3 Å². The van der Waals surface area contributed by atoms with Crippen LogP contribution in [-0.4, -0.2) is 99.2 Å². The van der Waals surface area contributed by atoms with Crippen molar-refractivity contribution in [1.29, 1.82) is 0 Å². The first-order chi connectivity index (χ1) is 26.5. The standard InChI is InChI=1S/C39H45F3N10O3/c1-4-24-18-51(19-25(5-2)52(24)37(54)35(48-43)49-44)36-29-17-45-33(28-16-26(53)15-22-7-8-30(41)27(6-3)31(22)28)32(42)34(29)46-38(47-36)55-21-39(11-12-39)20-50-13-9-23(40)10-14-50/h3,7-8,15-17,23-25,53H,4-5,9-14,18-21,43-44H2,1-2H3,(H,48,49). The maximum absolute atomic E-state index is 17.1. The fraction of sp³-hybridized carbons (Fsp3) is 0.462. The number of nitrogens with one attached hydrogen (secondary N) is 1. The Kier molecular flexibility index (Phi) is 10.6. The summed E-state index contributed by atoms with van der Waals surface area (Å²) in [6.45, 7) is 6.92. The van der Waals surface area contributed by atoms with Crippen LogP contribution in [0.3, 0.4) is 0 Å². The molecule has 2 aromatic heterocycles. The molecule has 2 aliphatic heterocycles. The predicted octanol–water partition coefficient (Wildman–Crippen LogP) is 4.34. The van der Waals surface area contributed by atoms with Gasteiger partial charge in [0.1, 0.15) is 34.8 Å². The van der Waals surface area contributed by atoms with E-state index in [1.54, 1.807) is 4.90 Å². The van der Waals surface area contributed by atoms with E-state index in [0.29, 0.717) is 63.1 Å². The molecule has 4 heterocycles. The number of nitrogens with zero attached hydrogens (tertiary/aromatic N) is 7. The Morgan fingerprint density at radius 1 is 1.15 bits per heavy atom. The Labute approximate surface area is 316 Å². The van der Waals surface area contributed by atoms with Gasteiger partial charge in [-0.25, -0.2) is 19.0 Å². The average molecular weight is 759 g/mol. The fourth-order valence-electron chi connectivity index (χ4n) is 8.03. The molecule has 7 rings (SSSR count). The first-order valence-electron chi connectivity index (χ1n) is 18.6. The monoisotopic (exact) mass is 758 g/mol. The van der Waals surface area contributed by atoms with Crippen molar-refractivity contribution in [3.63, 3.8) is 0 Å². The van der Waals surface area contributed by atoms with Gasteiger partial charge >= 0.3 is 6.01 Å². The van der Waals surface area contributed by atoms with Crippen molar-refractivity contribution in [2.75, 3.05) is 44.2 Å². The number of amides is 1. The molecule has 13 nitrogen and oxygen atoms in total. The topological polar surface area (TPSA) is 171 Å². The number of carbonyl (C=O) groups is 1. The summed E-state index contributed by atoms with van der Waals surface area (Å²) in [5, 5.41) is 15.1. The van der Waals surface area contributed by atoms with Crippen LogP contribution in [0.2, 0.25) is 0 Å². The number of likely N-dealkylation sites (tertiary alicyclic amines) is 1. The number of ether oxygens (including phenoxy) is 1. The normalized spacial score (nSPS) is 20.5. The number of aromatic hydroxyl groups is 1. The van der Waals surface area contributed by atoms with Gasteiger partial charge in [-0.3, -0.25) is 9.78 Å². The number of amidine groups is 1. The number of nitrogens with two attached hydrogens (primary N) is 2. The summed E-state index contributed by atoms with van der Waals surface area (Å²) >= 11 is 0. The highest BCUT2D eigenvalue weighted by Gasteiger charge is 2.46. The molecule has 1 amide bonds. The number of phenolic OH excluding ortho intramolecular Hbond substituents is 1. The first kappa shape index (κ1) is 37.9. The third-order valence-corrected chi connectivity index (χ3v) is 11.2. The van der Waals surface area contributed by atoms with E-state index in [1.807, 2.05) is 18.7 Å². The second-order valence-corrected chi connectivity index (χ2v) is 14.8. The van der Waals surface area contributed by atoms with Gasteiger partial charge in [0.25, 0.3) is 5.91 Å². The SMILES string of the molecule is C#Cc1c(F)ccc2cc(O)cc(-c3ncc4c(N5CC(CC)N(C(=O)/C(=N/N)NN)C(CC)C5)nc(OCC5(CN6CCC(F)CC6)CC5)nc4c3F)c12. The van der Waals surface area contributed by atoms with E-state index >= 15 is 4.39 Å². The van der Waals surface area contributed by atoms with E-state index in [-0.39, 0.29) is 74.8 Å². The summed E-state index contributed by atoms with van der Waals surface area (Å²) in [6.07, 6.45) is 10.4. The number of carbonyl (C=O) groups excluding carboxylic acids is 1. The van der Waals surface area contributed by atoms with E-state index < -0.39 is 23.7 Å². The number of phenols is 1. The van der Waals surface area contributed by atoms with Crippen LogP contribution in [0.1, 0.15) is 57.9 Å². The molecule has 290 valence electrons. The highest BCUT2D eigenvalue weighted by Crippen LogP contribution is 2.47. The van der Waals surface area contributed by atoms with E-state index in [0.717, 1.165) is 19.4 Å². The van der Waals surface area contributed by atoms with Gasteiger partial charge in [-0.1, -0.05) is 25.8 Å². The van der Waals surface area contributed by atoms with E-state index in [9.17, 15) is 18.7 Å². The number of fused-ring (bicyclic) bond motifs is 2. The Morgan fingerprint density at radius 2 is 1.85 bits per heavy atom. The number of anilines is 1. The van der Waals surface area contributed by atoms with Crippen molar-refractivity contribution in [2.24, 2.45) is 22.2 Å². The maximum Gasteiger partial charge on any atom is 0.319 e. The Morgan fingerprint density at radius 3 is 2.47 bits per heavy atom. The quantitative estimate of drug-likeness (QED) is 0.0630. The van der Waals surface area contributed by atoms with Gasteiger partial charge < -0.3 is 35.8 Å². The van der Waals surface area contributed by atoms with Crippen molar-refractivity contribution in [2.45, 2.75) is 70.6 Å². The molecule has 3 fully saturated rings. The number of piperidine rings is 1. The second kappa shape index (κ2) is 15.4. The highest BCUT2D eigenvalue weighted by atomic mass is 19.1. The molecule has 2 unspecified atom stereocenters. The Bertz CT molecular complexity index is 2170. The number of pyridine rings is 1.